The van der Waals surface area contributed by atoms with E-state index in [4.69, 9.17) is 0 Å². The molecule has 1 heterocycles. The van der Waals surface area contributed by atoms with E-state index in [0.717, 1.165) is 5.06 Å². The number of hydrogen-bond donors (Lipinski definition) is 0. The summed E-state index contributed by atoms with van der Waals surface area (Å²) in [6, 6.07) is 2.00. The van der Waals surface area contributed by atoms with Crippen LogP contribution in [0.1, 0.15) is 47.5 Å². The van der Waals surface area contributed by atoms with Crippen molar-refractivity contribution in [1.82, 2.24) is 5.06 Å². The van der Waals surface area contributed by atoms with Crippen molar-refractivity contribution in [2.24, 2.45) is 10.9 Å². The predicted molar refractivity (Wildman–Crippen MR) is 67.1 cm³/mol. The number of aliphatic imine (C=N–C) groups is 1. The molecule has 0 saturated heterocycles. The maximum atomic E-state index is 12.1. The Morgan fingerprint density at radius 2 is 2.00 bits per heavy atom. The summed E-state index contributed by atoms with van der Waals surface area (Å²) in [5, 5.41) is 22.2. The number of ketones is 1. The zero-order chi connectivity index (χ0) is 14.1. The highest BCUT2D eigenvalue weighted by Crippen LogP contribution is 2.36. The van der Waals surface area contributed by atoms with Gasteiger partial charge in [0.25, 0.3) is 0 Å². The van der Waals surface area contributed by atoms with Crippen molar-refractivity contribution in [3.8, 4) is 6.07 Å². The van der Waals surface area contributed by atoms with Gasteiger partial charge in [-0.25, -0.2) is 0 Å². The van der Waals surface area contributed by atoms with Gasteiger partial charge in [0.2, 0.25) is 0 Å². The Morgan fingerprint density at radius 1 is 1.44 bits per heavy atom. The lowest BCUT2D eigenvalue weighted by Crippen LogP contribution is -2.51. The van der Waals surface area contributed by atoms with Crippen LogP contribution in [0.4, 0.5) is 0 Å². The number of nitrogens with zero attached hydrogens (tertiary/aromatic N) is 3. The molecule has 1 radical (unpaired) electrons. The molecule has 0 aromatic heterocycles. The molecular formula is C13H20N3O2. The number of Topliss-reactive ketones (excluding diaryl/α,β-unsaturated/α-hetero) is 1. The zero-order valence-corrected chi connectivity index (χ0v) is 11.6. The smallest absolute Gasteiger partial charge is 0.155 e. The first-order valence-electron chi connectivity index (χ1n) is 6.18. The van der Waals surface area contributed by atoms with Gasteiger partial charge in [0, 0.05) is 6.42 Å². The van der Waals surface area contributed by atoms with Crippen molar-refractivity contribution in [3.63, 3.8) is 0 Å². The second-order valence-electron chi connectivity index (χ2n) is 5.62. The van der Waals surface area contributed by atoms with Crippen LogP contribution in [-0.2, 0) is 10.0 Å². The summed E-state index contributed by atoms with van der Waals surface area (Å²) in [4.78, 5) is 16.3. The quantitative estimate of drug-likeness (QED) is 0.766. The van der Waals surface area contributed by atoms with Crippen LogP contribution in [0.5, 0.6) is 0 Å². The summed E-state index contributed by atoms with van der Waals surface area (Å²) in [6.45, 7) is 8.67. The van der Waals surface area contributed by atoms with Crippen LogP contribution in [-0.4, -0.2) is 27.8 Å². The van der Waals surface area contributed by atoms with Gasteiger partial charge < -0.3 is 0 Å². The van der Waals surface area contributed by atoms with Crippen molar-refractivity contribution in [2.75, 3.05) is 0 Å². The van der Waals surface area contributed by atoms with Crippen molar-refractivity contribution < 1.29 is 10.0 Å². The summed E-state index contributed by atoms with van der Waals surface area (Å²) < 4.78 is 0. The molecule has 99 valence electrons. The normalized spacial score (nSPS) is 23.3. The third kappa shape index (κ3) is 2.31. The second kappa shape index (κ2) is 4.79. The average molecular weight is 250 g/mol. The van der Waals surface area contributed by atoms with Crippen LogP contribution >= 0.6 is 0 Å². The van der Waals surface area contributed by atoms with Gasteiger partial charge in [0.1, 0.15) is 11.6 Å². The molecule has 1 aliphatic rings. The number of carbonyl (C=O) groups is 1. The lowest BCUT2D eigenvalue weighted by Gasteiger charge is -2.32. The van der Waals surface area contributed by atoms with Gasteiger partial charge in [-0.05, 0) is 34.1 Å². The van der Waals surface area contributed by atoms with Crippen LogP contribution in [0.25, 0.3) is 0 Å². The molecule has 5 nitrogen and oxygen atoms in total. The van der Waals surface area contributed by atoms with Gasteiger partial charge in [0.15, 0.2) is 5.78 Å². The van der Waals surface area contributed by atoms with Crippen molar-refractivity contribution >= 4 is 11.5 Å². The van der Waals surface area contributed by atoms with Gasteiger partial charge in [-0.15, -0.1) is 10.3 Å². The Balaban J connectivity index is 3.15. The molecule has 0 N–H and O–H groups in total. The van der Waals surface area contributed by atoms with Gasteiger partial charge in [-0.1, -0.05) is 6.92 Å². The highest BCUT2D eigenvalue weighted by Gasteiger charge is 2.51. The lowest BCUT2D eigenvalue weighted by molar-refractivity contribution is -0.241. The van der Waals surface area contributed by atoms with Crippen molar-refractivity contribution in [3.05, 3.63) is 0 Å². The molecule has 0 spiro atoms. The van der Waals surface area contributed by atoms with Crippen LogP contribution in [0.15, 0.2) is 4.99 Å². The Morgan fingerprint density at radius 3 is 2.33 bits per heavy atom. The Labute approximate surface area is 108 Å². The van der Waals surface area contributed by atoms with Crippen molar-refractivity contribution in [1.29, 1.82) is 5.26 Å². The molecular weight excluding hydrogens is 230 g/mol. The Bertz CT molecular complexity index is 418. The SMILES string of the molecule is CCCC(=O)C(C#N)C1=NC(C)(C)N([O])C1(C)C. The zero-order valence-electron chi connectivity index (χ0n) is 11.6. The fraction of sp³-hybridized carbons (Fsp3) is 0.769. The highest BCUT2D eigenvalue weighted by molar-refractivity contribution is 6.12. The molecule has 0 aromatic rings. The van der Waals surface area contributed by atoms with Gasteiger partial charge in [0.05, 0.1) is 17.3 Å². The first-order valence-corrected chi connectivity index (χ1v) is 6.18. The minimum atomic E-state index is -0.916. The molecule has 0 amide bonds. The van der Waals surface area contributed by atoms with Crippen LogP contribution in [0.2, 0.25) is 0 Å². The number of hydrogen-bond acceptors (Lipinski definition) is 4. The summed E-state index contributed by atoms with van der Waals surface area (Å²) in [5.41, 5.74) is -1.43. The van der Waals surface area contributed by atoms with E-state index in [0.29, 0.717) is 18.6 Å². The molecule has 1 rings (SSSR count). The molecule has 0 aromatic carbocycles. The van der Waals surface area contributed by atoms with Crippen LogP contribution < -0.4 is 0 Å². The molecule has 0 saturated carbocycles. The summed E-state index contributed by atoms with van der Waals surface area (Å²) >= 11 is 0. The molecule has 5 heteroatoms. The number of nitriles is 1. The standard InChI is InChI=1S/C13H20N3O2/c1-6-7-10(17)9(8-14)11-12(2,3)16(18)13(4,5)15-11/h9H,6-7H2,1-5H3. The van der Waals surface area contributed by atoms with E-state index in [2.05, 4.69) is 4.99 Å². The minimum Gasteiger partial charge on any atom is -0.298 e. The molecule has 0 aliphatic carbocycles. The minimum absolute atomic E-state index is 0.155. The number of rotatable bonds is 4. The Kier molecular flexibility index (Phi) is 3.94. The van der Waals surface area contributed by atoms with Gasteiger partial charge >= 0.3 is 0 Å². The van der Waals surface area contributed by atoms with Gasteiger partial charge in [-0.3, -0.25) is 9.79 Å². The third-order valence-electron chi connectivity index (χ3n) is 3.25. The van der Waals surface area contributed by atoms with E-state index >= 15 is 0 Å². The van der Waals surface area contributed by atoms with Gasteiger partial charge in [-0.2, -0.15) is 5.26 Å². The maximum absolute atomic E-state index is 12.1. The molecule has 1 unspecified atom stereocenters. The first-order chi connectivity index (χ1) is 8.18. The van der Waals surface area contributed by atoms with E-state index in [1.54, 1.807) is 27.7 Å². The second-order valence-corrected chi connectivity index (χ2v) is 5.62. The number of carbonyl (C=O) groups excluding carboxylic acids is 1. The molecule has 1 atom stereocenters. The molecule has 1 aliphatic heterocycles. The van der Waals surface area contributed by atoms with E-state index in [1.807, 2.05) is 13.0 Å². The summed E-state index contributed by atoms with van der Waals surface area (Å²) in [7, 11) is 0. The molecule has 0 bridgehead atoms. The predicted octanol–water partition coefficient (Wildman–Crippen LogP) is 2.11. The topological polar surface area (TPSA) is 76.4 Å². The van der Waals surface area contributed by atoms with Crippen molar-refractivity contribution in [2.45, 2.75) is 58.7 Å². The fourth-order valence-corrected chi connectivity index (χ4v) is 2.36. The van der Waals surface area contributed by atoms with E-state index in [9.17, 15) is 15.3 Å². The summed E-state index contributed by atoms with van der Waals surface area (Å²) in [5.74, 6) is -1.06. The third-order valence-corrected chi connectivity index (χ3v) is 3.25. The first kappa shape index (κ1) is 14.8. The largest absolute Gasteiger partial charge is 0.298 e. The maximum Gasteiger partial charge on any atom is 0.155 e. The molecule has 18 heavy (non-hydrogen) atoms. The van der Waals surface area contributed by atoms with E-state index < -0.39 is 17.1 Å². The van der Waals surface area contributed by atoms with Crippen LogP contribution in [0.3, 0.4) is 0 Å². The molecule has 0 fully saturated rings. The monoisotopic (exact) mass is 250 g/mol. The number of hydroxylamine groups is 2. The fourth-order valence-electron chi connectivity index (χ4n) is 2.36. The Hall–Kier alpha value is -1.25. The van der Waals surface area contributed by atoms with Crippen LogP contribution in [0, 0.1) is 17.2 Å². The lowest BCUT2D eigenvalue weighted by atomic mass is 9.85. The van der Waals surface area contributed by atoms with E-state index in [-0.39, 0.29) is 5.78 Å². The average Bonchev–Trinajstić information content (AvgIpc) is 2.41. The summed E-state index contributed by atoms with van der Waals surface area (Å²) in [6.07, 6.45) is 1.03. The van der Waals surface area contributed by atoms with E-state index in [1.165, 1.54) is 0 Å². The highest BCUT2D eigenvalue weighted by atomic mass is 16.5.